The van der Waals surface area contributed by atoms with Crippen molar-refractivity contribution >= 4 is 22.8 Å². The molecule has 1 aromatic carbocycles. The van der Waals surface area contributed by atoms with E-state index in [-0.39, 0.29) is 5.25 Å². The van der Waals surface area contributed by atoms with Crippen molar-refractivity contribution in [3.63, 3.8) is 0 Å². The van der Waals surface area contributed by atoms with Crippen LogP contribution in [0.3, 0.4) is 0 Å². The number of aryl methyl sites for hydroxylation is 1. The number of hydrogen-bond acceptors (Lipinski definition) is 5. The lowest BCUT2D eigenvalue weighted by molar-refractivity contribution is 0.376. The second-order valence-electron chi connectivity index (χ2n) is 4.27. The first-order chi connectivity index (χ1) is 9.52. The van der Waals surface area contributed by atoms with Gasteiger partial charge in [0.25, 0.3) is 0 Å². The largest absolute Gasteiger partial charge is 0.338 e. The summed E-state index contributed by atoms with van der Waals surface area (Å²) in [6, 6.07) is 2.15. The Morgan fingerprint density at radius 1 is 1.25 bits per heavy atom. The van der Waals surface area contributed by atoms with Gasteiger partial charge < -0.3 is 9.51 Å². The number of aromatic nitrogens is 4. The van der Waals surface area contributed by atoms with Gasteiger partial charge in [-0.25, -0.2) is 13.8 Å². The molecule has 8 heteroatoms. The number of H-pyrrole nitrogens is 1. The van der Waals surface area contributed by atoms with Gasteiger partial charge >= 0.3 is 0 Å². The fraction of sp³-hybridized carbons (Fsp3) is 0.250. The van der Waals surface area contributed by atoms with E-state index in [0.717, 1.165) is 12.1 Å². The van der Waals surface area contributed by atoms with E-state index in [4.69, 9.17) is 4.52 Å². The maximum absolute atomic E-state index is 13.1. The van der Waals surface area contributed by atoms with Gasteiger partial charge in [0.15, 0.2) is 22.6 Å². The Labute approximate surface area is 116 Å². The molecule has 1 N–H and O–H groups in total. The second kappa shape index (κ2) is 4.86. The van der Waals surface area contributed by atoms with Crippen LogP contribution in [0.15, 0.2) is 21.8 Å². The third-order valence-electron chi connectivity index (χ3n) is 2.68. The van der Waals surface area contributed by atoms with Crippen molar-refractivity contribution < 1.29 is 13.3 Å². The van der Waals surface area contributed by atoms with E-state index < -0.39 is 11.6 Å². The highest BCUT2D eigenvalue weighted by Crippen LogP contribution is 2.33. The summed E-state index contributed by atoms with van der Waals surface area (Å²) in [7, 11) is 0. The normalized spacial score (nSPS) is 13.0. The molecule has 0 amide bonds. The van der Waals surface area contributed by atoms with E-state index in [0.29, 0.717) is 27.9 Å². The number of aromatic amines is 1. The van der Waals surface area contributed by atoms with E-state index >= 15 is 0 Å². The highest BCUT2D eigenvalue weighted by Gasteiger charge is 2.17. The molecule has 2 heterocycles. The SMILES string of the molecule is Cc1noc([C@H](C)Sc2nc3cc(F)c(F)cc3[nH]2)n1. The van der Waals surface area contributed by atoms with Crippen molar-refractivity contribution in [1.82, 2.24) is 20.1 Å². The van der Waals surface area contributed by atoms with Crippen molar-refractivity contribution in [2.45, 2.75) is 24.3 Å². The molecule has 0 bridgehead atoms. The van der Waals surface area contributed by atoms with Crippen LogP contribution in [0.4, 0.5) is 8.78 Å². The highest BCUT2D eigenvalue weighted by atomic mass is 32.2. The van der Waals surface area contributed by atoms with Crippen LogP contribution >= 0.6 is 11.8 Å². The Hall–Kier alpha value is -1.96. The van der Waals surface area contributed by atoms with Crippen LogP contribution < -0.4 is 0 Å². The molecule has 1 atom stereocenters. The minimum Gasteiger partial charge on any atom is -0.338 e. The zero-order valence-corrected chi connectivity index (χ0v) is 11.5. The summed E-state index contributed by atoms with van der Waals surface area (Å²) in [5, 5.41) is 4.13. The van der Waals surface area contributed by atoms with Crippen LogP contribution in [-0.2, 0) is 0 Å². The van der Waals surface area contributed by atoms with Crippen molar-refractivity contribution in [1.29, 1.82) is 0 Å². The molecule has 5 nitrogen and oxygen atoms in total. The van der Waals surface area contributed by atoms with Crippen LogP contribution in [0.2, 0.25) is 0 Å². The number of nitrogens with zero attached hydrogens (tertiary/aromatic N) is 3. The van der Waals surface area contributed by atoms with Crippen LogP contribution in [0.5, 0.6) is 0 Å². The molecule has 104 valence electrons. The summed E-state index contributed by atoms with van der Waals surface area (Å²) >= 11 is 1.34. The summed E-state index contributed by atoms with van der Waals surface area (Å²) in [5.74, 6) is -0.786. The van der Waals surface area contributed by atoms with E-state index in [1.165, 1.54) is 11.8 Å². The van der Waals surface area contributed by atoms with Gasteiger partial charge in [-0.3, -0.25) is 0 Å². The lowest BCUT2D eigenvalue weighted by Gasteiger charge is -2.01. The first kappa shape index (κ1) is 13.0. The number of hydrogen-bond donors (Lipinski definition) is 1. The van der Waals surface area contributed by atoms with Crippen molar-refractivity contribution in [2.24, 2.45) is 0 Å². The minimum absolute atomic E-state index is 0.119. The van der Waals surface area contributed by atoms with Gasteiger partial charge in [0.1, 0.15) is 0 Å². The second-order valence-corrected chi connectivity index (χ2v) is 5.59. The third-order valence-corrected chi connectivity index (χ3v) is 3.65. The number of imidazole rings is 1. The van der Waals surface area contributed by atoms with Gasteiger partial charge in [-0.2, -0.15) is 4.98 Å². The number of rotatable bonds is 3. The molecular formula is C12H10F2N4OS. The van der Waals surface area contributed by atoms with E-state index in [1.807, 2.05) is 6.92 Å². The van der Waals surface area contributed by atoms with E-state index in [9.17, 15) is 8.78 Å². The molecule has 0 aliphatic rings. The van der Waals surface area contributed by atoms with E-state index in [2.05, 4.69) is 20.1 Å². The molecule has 3 aromatic rings. The zero-order chi connectivity index (χ0) is 14.3. The monoisotopic (exact) mass is 296 g/mol. The summed E-state index contributed by atoms with van der Waals surface area (Å²) in [6.45, 7) is 3.61. The van der Waals surface area contributed by atoms with Crippen molar-refractivity contribution in [3.05, 3.63) is 35.5 Å². The number of thioether (sulfide) groups is 1. The van der Waals surface area contributed by atoms with Crippen molar-refractivity contribution in [2.75, 3.05) is 0 Å². The lowest BCUT2D eigenvalue weighted by Crippen LogP contribution is -1.89. The molecule has 0 aliphatic heterocycles. The Morgan fingerprint density at radius 2 is 2.00 bits per heavy atom. The molecule has 2 aromatic heterocycles. The van der Waals surface area contributed by atoms with Crippen LogP contribution in [0.1, 0.15) is 23.9 Å². The first-order valence-electron chi connectivity index (χ1n) is 5.84. The standard InChI is InChI=1S/C12H10F2N4OS/c1-5(11-15-6(2)18-19-11)20-12-16-9-3-7(13)8(14)4-10(9)17-12/h3-5H,1-2H3,(H,16,17)/t5-/m0/s1. The smallest absolute Gasteiger partial charge is 0.239 e. The molecule has 20 heavy (non-hydrogen) atoms. The molecule has 0 saturated heterocycles. The Kier molecular flexibility index (Phi) is 3.17. The fourth-order valence-electron chi connectivity index (χ4n) is 1.73. The number of benzene rings is 1. The Balaban J connectivity index is 1.87. The Morgan fingerprint density at radius 3 is 2.70 bits per heavy atom. The van der Waals surface area contributed by atoms with Gasteiger partial charge in [-0.15, -0.1) is 0 Å². The van der Waals surface area contributed by atoms with Crippen molar-refractivity contribution in [3.8, 4) is 0 Å². The predicted molar refractivity (Wildman–Crippen MR) is 69.3 cm³/mol. The fourth-order valence-corrected chi connectivity index (χ4v) is 2.58. The average Bonchev–Trinajstić information content (AvgIpc) is 2.96. The van der Waals surface area contributed by atoms with Gasteiger partial charge in [-0.05, 0) is 13.8 Å². The summed E-state index contributed by atoms with van der Waals surface area (Å²) < 4.78 is 31.3. The molecule has 0 aliphatic carbocycles. The minimum atomic E-state index is -0.916. The number of halogens is 2. The van der Waals surface area contributed by atoms with Gasteiger partial charge in [0, 0.05) is 12.1 Å². The van der Waals surface area contributed by atoms with Crippen LogP contribution in [-0.4, -0.2) is 20.1 Å². The lowest BCUT2D eigenvalue weighted by atomic mass is 10.3. The van der Waals surface area contributed by atoms with Gasteiger partial charge in [0.2, 0.25) is 5.89 Å². The number of fused-ring (bicyclic) bond motifs is 1. The molecule has 0 saturated carbocycles. The maximum Gasteiger partial charge on any atom is 0.239 e. The Bertz CT molecular complexity index is 731. The maximum atomic E-state index is 13.1. The molecule has 0 spiro atoms. The van der Waals surface area contributed by atoms with Crippen LogP contribution in [0, 0.1) is 18.6 Å². The summed E-state index contributed by atoms with van der Waals surface area (Å²) in [4.78, 5) is 11.3. The van der Waals surface area contributed by atoms with Crippen LogP contribution in [0.25, 0.3) is 11.0 Å². The molecule has 3 rings (SSSR count). The average molecular weight is 296 g/mol. The highest BCUT2D eigenvalue weighted by molar-refractivity contribution is 7.99. The molecule has 0 fully saturated rings. The molecular weight excluding hydrogens is 286 g/mol. The quantitative estimate of drug-likeness (QED) is 0.750. The summed E-state index contributed by atoms with van der Waals surface area (Å²) in [5.41, 5.74) is 0.820. The molecule has 0 unspecified atom stereocenters. The topological polar surface area (TPSA) is 67.6 Å². The molecule has 0 radical (unpaired) electrons. The number of nitrogens with one attached hydrogen (secondary N) is 1. The summed E-state index contributed by atoms with van der Waals surface area (Å²) in [6.07, 6.45) is 0. The van der Waals surface area contributed by atoms with Gasteiger partial charge in [-0.1, -0.05) is 16.9 Å². The van der Waals surface area contributed by atoms with Gasteiger partial charge in [0.05, 0.1) is 16.3 Å². The third kappa shape index (κ3) is 2.38. The van der Waals surface area contributed by atoms with E-state index in [1.54, 1.807) is 6.92 Å². The predicted octanol–water partition coefficient (Wildman–Crippen LogP) is 3.39. The first-order valence-corrected chi connectivity index (χ1v) is 6.72. The zero-order valence-electron chi connectivity index (χ0n) is 10.6.